The third kappa shape index (κ3) is 4.48. The number of benzene rings is 1. The highest BCUT2D eigenvalue weighted by Crippen LogP contribution is 2.20. The van der Waals surface area contributed by atoms with Gasteiger partial charge in [-0.1, -0.05) is 11.6 Å². The maximum Gasteiger partial charge on any atom is 0.253 e. The quantitative estimate of drug-likeness (QED) is 0.783. The fraction of sp³-hybridized carbons (Fsp3) is 0.417. The van der Waals surface area contributed by atoms with Gasteiger partial charge in [-0.2, -0.15) is 11.8 Å². The number of carbonyl (C=O) groups is 1. The molecule has 0 aliphatic heterocycles. The molecule has 0 bridgehead atoms. The Bertz CT molecular complexity index is 385. The molecule has 0 heterocycles. The van der Waals surface area contributed by atoms with Crippen molar-refractivity contribution in [3.05, 3.63) is 28.8 Å². The average Bonchev–Trinajstić information content (AvgIpc) is 2.32. The van der Waals surface area contributed by atoms with Crippen molar-refractivity contribution in [1.29, 1.82) is 0 Å². The van der Waals surface area contributed by atoms with Gasteiger partial charge in [-0.25, -0.2) is 0 Å². The summed E-state index contributed by atoms with van der Waals surface area (Å²) in [5.41, 5.74) is 1.42. The van der Waals surface area contributed by atoms with Gasteiger partial charge < -0.3 is 10.6 Å². The van der Waals surface area contributed by atoms with E-state index in [-0.39, 0.29) is 5.91 Å². The summed E-state index contributed by atoms with van der Waals surface area (Å²) >= 11 is 7.61. The molecule has 0 aromatic heterocycles. The van der Waals surface area contributed by atoms with Gasteiger partial charge in [0.1, 0.15) is 0 Å². The molecule has 5 heteroatoms. The first-order valence-electron chi connectivity index (χ1n) is 5.49. The molecule has 0 atom stereocenters. The van der Waals surface area contributed by atoms with Crippen molar-refractivity contribution in [2.75, 3.05) is 30.4 Å². The fourth-order valence-electron chi connectivity index (χ4n) is 1.41. The molecule has 0 aliphatic rings. The van der Waals surface area contributed by atoms with Crippen LogP contribution in [-0.2, 0) is 0 Å². The number of hydrogen-bond donors (Lipinski definition) is 2. The van der Waals surface area contributed by atoms with Gasteiger partial charge in [-0.3, -0.25) is 4.79 Å². The van der Waals surface area contributed by atoms with E-state index in [1.54, 1.807) is 23.9 Å². The summed E-state index contributed by atoms with van der Waals surface area (Å²) in [7, 11) is 0. The first-order valence-corrected chi connectivity index (χ1v) is 7.26. The van der Waals surface area contributed by atoms with E-state index >= 15 is 0 Å². The zero-order valence-corrected chi connectivity index (χ0v) is 11.6. The van der Waals surface area contributed by atoms with Crippen molar-refractivity contribution in [3.63, 3.8) is 0 Å². The molecule has 17 heavy (non-hydrogen) atoms. The Balaban J connectivity index is 2.78. The van der Waals surface area contributed by atoms with E-state index in [1.165, 1.54) is 0 Å². The van der Waals surface area contributed by atoms with E-state index in [4.69, 9.17) is 11.6 Å². The second-order valence-electron chi connectivity index (χ2n) is 3.47. The van der Waals surface area contributed by atoms with Gasteiger partial charge in [0.05, 0.1) is 5.56 Å². The molecule has 94 valence electrons. The van der Waals surface area contributed by atoms with E-state index in [2.05, 4.69) is 10.6 Å². The molecule has 3 nitrogen and oxygen atoms in total. The third-order valence-electron chi connectivity index (χ3n) is 2.19. The van der Waals surface area contributed by atoms with Crippen molar-refractivity contribution < 1.29 is 4.79 Å². The van der Waals surface area contributed by atoms with E-state index in [0.29, 0.717) is 17.1 Å². The number of thioether (sulfide) groups is 1. The molecule has 0 unspecified atom stereocenters. The highest BCUT2D eigenvalue weighted by molar-refractivity contribution is 7.98. The van der Waals surface area contributed by atoms with Crippen molar-refractivity contribution >= 4 is 35.0 Å². The Kier molecular flexibility index (Phi) is 6.22. The lowest BCUT2D eigenvalue weighted by atomic mass is 10.1. The number of halogens is 1. The Morgan fingerprint density at radius 2 is 2.24 bits per heavy atom. The van der Waals surface area contributed by atoms with Gasteiger partial charge >= 0.3 is 0 Å². The number of carbonyl (C=O) groups excluding carboxylic acids is 1. The Hall–Kier alpha value is -0.870. The zero-order chi connectivity index (χ0) is 12.7. The number of anilines is 1. The van der Waals surface area contributed by atoms with Gasteiger partial charge in [0.25, 0.3) is 5.91 Å². The molecule has 1 rings (SSSR count). The van der Waals surface area contributed by atoms with Gasteiger partial charge in [0.2, 0.25) is 0 Å². The summed E-state index contributed by atoms with van der Waals surface area (Å²) < 4.78 is 0. The highest BCUT2D eigenvalue weighted by atomic mass is 35.5. The lowest BCUT2D eigenvalue weighted by molar-refractivity contribution is 0.0957. The van der Waals surface area contributed by atoms with Crippen molar-refractivity contribution in [3.8, 4) is 0 Å². The summed E-state index contributed by atoms with van der Waals surface area (Å²) in [6.07, 6.45) is 2.01. The van der Waals surface area contributed by atoms with Crippen LogP contribution in [0, 0.1) is 0 Å². The predicted molar refractivity (Wildman–Crippen MR) is 76.3 cm³/mol. The second-order valence-corrected chi connectivity index (χ2v) is 4.89. The van der Waals surface area contributed by atoms with Crippen LogP contribution in [0.5, 0.6) is 0 Å². The van der Waals surface area contributed by atoms with Crippen LogP contribution >= 0.6 is 23.4 Å². The molecule has 0 saturated carbocycles. The van der Waals surface area contributed by atoms with Crippen molar-refractivity contribution in [1.82, 2.24) is 5.32 Å². The van der Waals surface area contributed by atoms with E-state index < -0.39 is 0 Å². The largest absolute Gasteiger partial charge is 0.385 e. The summed E-state index contributed by atoms with van der Waals surface area (Å²) in [5, 5.41) is 6.59. The van der Waals surface area contributed by atoms with Crippen molar-refractivity contribution in [2.24, 2.45) is 0 Å². The maximum atomic E-state index is 11.9. The van der Waals surface area contributed by atoms with Gasteiger partial charge in [0.15, 0.2) is 0 Å². The van der Waals surface area contributed by atoms with Crippen LogP contribution in [0.2, 0.25) is 5.02 Å². The molecule has 0 fully saturated rings. The van der Waals surface area contributed by atoms with Gasteiger partial charge in [0, 0.05) is 29.6 Å². The minimum Gasteiger partial charge on any atom is -0.385 e. The molecule has 1 aromatic rings. The number of amides is 1. The standard InChI is InChI=1S/C12H17ClN2OS/c1-3-14-11-5-4-9(13)8-10(11)12(16)15-6-7-17-2/h4-5,8,14H,3,6-7H2,1-2H3,(H,15,16). The fourth-order valence-corrected chi connectivity index (χ4v) is 1.89. The van der Waals surface area contributed by atoms with Crippen LogP contribution < -0.4 is 10.6 Å². The summed E-state index contributed by atoms with van der Waals surface area (Å²) in [4.78, 5) is 11.9. The predicted octanol–water partition coefficient (Wildman–Crippen LogP) is 2.86. The third-order valence-corrected chi connectivity index (χ3v) is 3.03. The smallest absolute Gasteiger partial charge is 0.253 e. The van der Waals surface area contributed by atoms with Crippen LogP contribution in [0.15, 0.2) is 18.2 Å². The summed E-state index contributed by atoms with van der Waals surface area (Å²) in [6.45, 7) is 3.43. The van der Waals surface area contributed by atoms with Gasteiger partial charge in [-0.05, 0) is 31.4 Å². The topological polar surface area (TPSA) is 41.1 Å². The Morgan fingerprint density at radius 1 is 1.47 bits per heavy atom. The highest BCUT2D eigenvalue weighted by Gasteiger charge is 2.10. The second kappa shape index (κ2) is 7.45. The Morgan fingerprint density at radius 3 is 2.88 bits per heavy atom. The molecule has 0 spiro atoms. The minimum absolute atomic E-state index is 0.0856. The number of nitrogens with one attached hydrogen (secondary N) is 2. The van der Waals surface area contributed by atoms with Crippen LogP contribution in [0.1, 0.15) is 17.3 Å². The Labute approximate surface area is 111 Å². The maximum absolute atomic E-state index is 11.9. The van der Waals surface area contributed by atoms with E-state index in [0.717, 1.165) is 18.0 Å². The molecule has 0 radical (unpaired) electrons. The number of hydrogen-bond acceptors (Lipinski definition) is 3. The normalized spacial score (nSPS) is 10.1. The van der Waals surface area contributed by atoms with Gasteiger partial charge in [-0.15, -0.1) is 0 Å². The number of rotatable bonds is 6. The molecule has 1 aromatic carbocycles. The first-order chi connectivity index (χ1) is 8.19. The molecule has 0 saturated heterocycles. The van der Waals surface area contributed by atoms with Crippen LogP contribution in [0.25, 0.3) is 0 Å². The van der Waals surface area contributed by atoms with Crippen molar-refractivity contribution in [2.45, 2.75) is 6.92 Å². The lowest BCUT2D eigenvalue weighted by Crippen LogP contribution is -2.26. The monoisotopic (exact) mass is 272 g/mol. The van der Waals surface area contributed by atoms with Crippen LogP contribution in [0.4, 0.5) is 5.69 Å². The van der Waals surface area contributed by atoms with E-state index in [1.807, 2.05) is 19.2 Å². The van der Waals surface area contributed by atoms with E-state index in [9.17, 15) is 4.79 Å². The average molecular weight is 273 g/mol. The van der Waals surface area contributed by atoms with Crippen LogP contribution in [0.3, 0.4) is 0 Å². The molecular formula is C12H17ClN2OS. The summed E-state index contributed by atoms with van der Waals surface area (Å²) in [5.74, 6) is 0.820. The summed E-state index contributed by atoms with van der Waals surface area (Å²) in [6, 6.07) is 5.29. The molecule has 2 N–H and O–H groups in total. The van der Waals surface area contributed by atoms with Crippen LogP contribution in [-0.4, -0.2) is 31.0 Å². The molecular weight excluding hydrogens is 256 g/mol. The SMILES string of the molecule is CCNc1ccc(Cl)cc1C(=O)NCCSC. The first kappa shape index (κ1) is 14.2. The molecule has 0 aliphatic carbocycles. The lowest BCUT2D eigenvalue weighted by Gasteiger charge is -2.11. The molecule has 1 amide bonds. The zero-order valence-electron chi connectivity index (χ0n) is 10.0. The minimum atomic E-state index is -0.0856.